The third-order valence-electron chi connectivity index (χ3n) is 10.6. The molecule has 0 fully saturated rings. The summed E-state index contributed by atoms with van der Waals surface area (Å²) < 4.78 is 0. The third kappa shape index (κ3) is 4.30. The van der Waals surface area contributed by atoms with Crippen LogP contribution in [0.3, 0.4) is 0 Å². The van der Waals surface area contributed by atoms with Crippen molar-refractivity contribution >= 4 is 32.3 Å². The molecule has 0 radical (unpaired) electrons. The van der Waals surface area contributed by atoms with Crippen molar-refractivity contribution in [1.82, 2.24) is 0 Å². The summed E-state index contributed by atoms with van der Waals surface area (Å²) in [7, 11) is 0. The van der Waals surface area contributed by atoms with Crippen LogP contribution in [-0.2, 0) is 0 Å². The summed E-state index contributed by atoms with van der Waals surface area (Å²) in [5.74, 6) is 0.706. The van der Waals surface area contributed by atoms with E-state index in [9.17, 15) is 0 Å². The Balaban J connectivity index is 1.07. The highest BCUT2D eigenvalue weighted by Crippen LogP contribution is 2.53. The molecule has 2 aliphatic rings. The van der Waals surface area contributed by atoms with Crippen molar-refractivity contribution in [2.75, 3.05) is 0 Å². The largest absolute Gasteiger partial charge is 0.0761 e. The molecule has 0 N–H and O–H groups in total. The van der Waals surface area contributed by atoms with Gasteiger partial charge in [-0.15, -0.1) is 0 Å². The summed E-state index contributed by atoms with van der Waals surface area (Å²) in [5.41, 5.74) is 13.1. The number of hydrogen-bond acceptors (Lipinski definition) is 0. The average Bonchev–Trinajstić information content (AvgIpc) is 3.17. The van der Waals surface area contributed by atoms with Crippen LogP contribution in [0.25, 0.3) is 76.8 Å². The van der Waals surface area contributed by atoms with Crippen LogP contribution in [-0.4, -0.2) is 0 Å². The van der Waals surface area contributed by atoms with Crippen molar-refractivity contribution in [3.05, 3.63) is 193 Å². The minimum Gasteiger partial charge on any atom is -0.0761 e. The zero-order valence-corrected chi connectivity index (χ0v) is 26.5. The van der Waals surface area contributed by atoms with E-state index in [0.717, 1.165) is 0 Å². The summed E-state index contributed by atoms with van der Waals surface area (Å²) in [6, 6.07) is 58.6. The van der Waals surface area contributed by atoms with Crippen molar-refractivity contribution in [3.63, 3.8) is 0 Å². The Hall–Kier alpha value is -5.98. The van der Waals surface area contributed by atoms with E-state index in [0.29, 0.717) is 11.8 Å². The molecule has 2 aliphatic carbocycles. The van der Waals surface area contributed by atoms with Gasteiger partial charge in [-0.05, 0) is 118 Å². The normalized spacial score (nSPS) is 16.2. The lowest BCUT2D eigenvalue weighted by Gasteiger charge is -2.35. The van der Waals surface area contributed by atoms with E-state index >= 15 is 0 Å². The van der Waals surface area contributed by atoms with Crippen molar-refractivity contribution in [1.29, 1.82) is 0 Å². The van der Waals surface area contributed by atoms with Gasteiger partial charge in [0.15, 0.2) is 0 Å². The van der Waals surface area contributed by atoms with E-state index in [2.05, 4.69) is 182 Å². The van der Waals surface area contributed by atoms with E-state index in [-0.39, 0.29) is 0 Å². The van der Waals surface area contributed by atoms with Gasteiger partial charge in [0.05, 0.1) is 0 Å². The zero-order valence-electron chi connectivity index (χ0n) is 26.5. The van der Waals surface area contributed by atoms with Gasteiger partial charge in [-0.2, -0.15) is 0 Å². The Bertz CT molecular complexity index is 2630. The smallest absolute Gasteiger partial charge is 0.0137 e. The molecule has 8 aromatic rings. The Kier molecular flexibility index (Phi) is 6.11. The van der Waals surface area contributed by atoms with Gasteiger partial charge in [0.1, 0.15) is 0 Å². The van der Waals surface area contributed by atoms with Gasteiger partial charge >= 0.3 is 0 Å². The second kappa shape index (κ2) is 10.8. The molecule has 0 spiro atoms. The second-order valence-corrected chi connectivity index (χ2v) is 13.3. The fourth-order valence-electron chi connectivity index (χ4n) is 8.27. The van der Waals surface area contributed by atoms with Gasteiger partial charge in [-0.25, -0.2) is 0 Å². The Labute approximate surface area is 281 Å². The molecule has 0 aromatic heterocycles. The molecule has 0 heteroatoms. The monoisotopic (exact) mass is 608 g/mol. The van der Waals surface area contributed by atoms with Crippen LogP contribution in [0.1, 0.15) is 23.0 Å². The van der Waals surface area contributed by atoms with Crippen LogP contribution in [0.5, 0.6) is 0 Å². The maximum absolute atomic E-state index is 2.46. The highest BCUT2D eigenvalue weighted by Gasteiger charge is 2.33. The predicted molar refractivity (Wildman–Crippen MR) is 204 cm³/mol. The standard InChI is InChI=1S/C48H32/c1-2-11-32-26-35(21-20-31(32)10-1)37-25-24-36-27-34(22-23-38(36)28-37)33-12-9-13-39(29-33)46-30-47-42-16-4-3-14-40(42)41-15-5-7-18-44(41)48(47)45-19-8-6-17-43(45)46/h1-30,41,44H. The van der Waals surface area contributed by atoms with Gasteiger partial charge in [0, 0.05) is 11.8 Å². The second-order valence-electron chi connectivity index (χ2n) is 13.3. The Morgan fingerprint density at radius 3 is 1.65 bits per heavy atom. The molecular weight excluding hydrogens is 577 g/mol. The number of allylic oxidation sites excluding steroid dienone is 4. The minimum absolute atomic E-state index is 0.338. The lowest BCUT2D eigenvalue weighted by molar-refractivity contribution is 0.725. The molecule has 0 nitrogen and oxygen atoms in total. The van der Waals surface area contributed by atoms with Crippen LogP contribution >= 0.6 is 0 Å². The number of rotatable bonds is 3. The van der Waals surface area contributed by atoms with E-state index in [1.165, 1.54) is 88.0 Å². The molecule has 0 amide bonds. The van der Waals surface area contributed by atoms with Gasteiger partial charge < -0.3 is 0 Å². The quantitative estimate of drug-likeness (QED) is 0.187. The fourth-order valence-corrected chi connectivity index (χ4v) is 8.27. The van der Waals surface area contributed by atoms with Crippen molar-refractivity contribution in [2.24, 2.45) is 0 Å². The van der Waals surface area contributed by atoms with Gasteiger partial charge in [0.25, 0.3) is 0 Å². The average molecular weight is 609 g/mol. The highest BCUT2D eigenvalue weighted by atomic mass is 14.4. The van der Waals surface area contributed by atoms with Crippen molar-refractivity contribution in [2.45, 2.75) is 11.8 Å². The zero-order chi connectivity index (χ0) is 31.6. The predicted octanol–water partition coefficient (Wildman–Crippen LogP) is 13.1. The van der Waals surface area contributed by atoms with Crippen LogP contribution in [0, 0.1) is 0 Å². The first-order valence-corrected chi connectivity index (χ1v) is 16.9. The third-order valence-corrected chi connectivity index (χ3v) is 10.6. The van der Waals surface area contributed by atoms with Gasteiger partial charge in [0.2, 0.25) is 0 Å². The van der Waals surface area contributed by atoms with E-state index in [1.54, 1.807) is 0 Å². The number of benzene rings is 8. The topological polar surface area (TPSA) is 0 Å². The Morgan fingerprint density at radius 1 is 0.312 bits per heavy atom. The molecule has 0 saturated heterocycles. The fraction of sp³-hybridized carbons (Fsp3) is 0.0417. The van der Waals surface area contributed by atoms with Crippen LogP contribution in [0.4, 0.5) is 0 Å². The molecule has 224 valence electrons. The molecule has 0 saturated carbocycles. The summed E-state index contributed by atoms with van der Waals surface area (Å²) in [6.45, 7) is 0. The molecule has 2 atom stereocenters. The molecule has 2 unspecified atom stereocenters. The first-order chi connectivity index (χ1) is 23.8. The first kappa shape index (κ1) is 27.2. The molecule has 48 heavy (non-hydrogen) atoms. The summed E-state index contributed by atoms with van der Waals surface area (Å²) in [6.07, 6.45) is 9.21. The molecule has 0 bridgehead atoms. The number of hydrogen-bond donors (Lipinski definition) is 0. The molecule has 10 rings (SSSR count). The summed E-state index contributed by atoms with van der Waals surface area (Å²) >= 11 is 0. The van der Waals surface area contributed by atoms with E-state index in [4.69, 9.17) is 0 Å². The number of fused-ring (bicyclic) bond motifs is 10. The van der Waals surface area contributed by atoms with Crippen molar-refractivity contribution < 1.29 is 0 Å². The van der Waals surface area contributed by atoms with E-state index in [1.807, 2.05) is 0 Å². The summed E-state index contributed by atoms with van der Waals surface area (Å²) in [4.78, 5) is 0. The van der Waals surface area contributed by atoms with Gasteiger partial charge in [-0.3, -0.25) is 0 Å². The molecule has 0 heterocycles. The van der Waals surface area contributed by atoms with Crippen LogP contribution < -0.4 is 0 Å². The Morgan fingerprint density at radius 2 is 0.875 bits per heavy atom. The van der Waals surface area contributed by atoms with Crippen LogP contribution in [0.15, 0.2) is 182 Å². The first-order valence-electron chi connectivity index (χ1n) is 16.9. The molecule has 8 aromatic carbocycles. The molecular formula is C48H32. The van der Waals surface area contributed by atoms with Crippen LogP contribution in [0.2, 0.25) is 0 Å². The van der Waals surface area contributed by atoms with E-state index < -0.39 is 0 Å². The lowest BCUT2D eigenvalue weighted by atomic mass is 9.68. The maximum Gasteiger partial charge on any atom is 0.0137 e. The maximum atomic E-state index is 2.46. The SMILES string of the molecule is C1=CC2c3ccccc3-c3cc(-c4cccc(-c5ccc6cc(-c7ccc8ccccc8c7)ccc6c5)c4)c4ccccc4c3C2C=C1. The highest BCUT2D eigenvalue weighted by molar-refractivity contribution is 6.05. The van der Waals surface area contributed by atoms with Crippen molar-refractivity contribution in [3.8, 4) is 44.5 Å². The minimum atomic E-state index is 0.338. The lowest BCUT2D eigenvalue weighted by Crippen LogP contribution is -2.17. The summed E-state index contributed by atoms with van der Waals surface area (Å²) in [5, 5.41) is 7.72. The molecule has 0 aliphatic heterocycles. The van der Waals surface area contributed by atoms with Gasteiger partial charge in [-0.1, -0.05) is 152 Å².